The summed E-state index contributed by atoms with van der Waals surface area (Å²) in [6.07, 6.45) is 1.45. The van der Waals surface area contributed by atoms with Gasteiger partial charge in [0.1, 0.15) is 12.0 Å². The number of nitrogen functional groups attached to an aromatic ring is 1. The van der Waals surface area contributed by atoms with Crippen LogP contribution in [0, 0.1) is 0 Å². The van der Waals surface area contributed by atoms with Crippen LogP contribution in [0.5, 0.6) is 5.88 Å². The Hall–Kier alpha value is -1.60. The molecule has 1 saturated heterocycles. The van der Waals surface area contributed by atoms with Gasteiger partial charge in [-0.3, -0.25) is 0 Å². The van der Waals surface area contributed by atoms with Gasteiger partial charge in [0.15, 0.2) is 5.82 Å². The maximum absolute atomic E-state index is 5.96. The third-order valence-corrected chi connectivity index (χ3v) is 2.58. The molecule has 2 heterocycles. The van der Waals surface area contributed by atoms with Crippen LogP contribution in [-0.2, 0) is 9.47 Å². The van der Waals surface area contributed by atoms with Crippen LogP contribution in [-0.4, -0.2) is 48.5 Å². The summed E-state index contributed by atoms with van der Waals surface area (Å²) in [6.45, 7) is 6.27. The molecule has 7 nitrogen and oxygen atoms in total. The molecule has 1 fully saturated rings. The topological polar surface area (TPSA) is 91.5 Å². The third kappa shape index (κ3) is 3.93. The first kappa shape index (κ1) is 13.8. The molecule has 106 valence electrons. The molecule has 1 unspecified atom stereocenters. The fourth-order valence-electron chi connectivity index (χ4n) is 1.70. The second-order valence-corrected chi connectivity index (χ2v) is 4.56. The Bertz CT molecular complexity index is 408. The average Bonchev–Trinajstić information content (AvgIpc) is 2.40. The number of aromatic nitrogens is 2. The van der Waals surface area contributed by atoms with Crippen molar-refractivity contribution in [3.8, 4) is 5.88 Å². The highest BCUT2D eigenvalue weighted by Gasteiger charge is 2.16. The zero-order valence-electron chi connectivity index (χ0n) is 11.3. The van der Waals surface area contributed by atoms with Gasteiger partial charge in [0, 0.05) is 6.54 Å². The molecular formula is C12H20N4O3. The quantitative estimate of drug-likeness (QED) is 0.811. The molecule has 1 aromatic heterocycles. The molecule has 0 aromatic carbocycles. The van der Waals surface area contributed by atoms with Crippen LogP contribution in [0.3, 0.4) is 0 Å². The molecule has 0 saturated carbocycles. The minimum atomic E-state index is 0.0117. The number of rotatable bonds is 5. The van der Waals surface area contributed by atoms with E-state index in [2.05, 4.69) is 15.3 Å². The highest BCUT2D eigenvalue weighted by Crippen LogP contribution is 2.25. The molecule has 3 N–H and O–H groups in total. The van der Waals surface area contributed by atoms with Gasteiger partial charge in [0.05, 0.1) is 32.0 Å². The minimum Gasteiger partial charge on any atom is -0.473 e. The Balaban J connectivity index is 1.95. The lowest BCUT2D eigenvalue weighted by Gasteiger charge is -2.23. The Morgan fingerprint density at radius 2 is 2.32 bits per heavy atom. The van der Waals surface area contributed by atoms with E-state index in [1.54, 1.807) is 0 Å². The van der Waals surface area contributed by atoms with Crippen molar-refractivity contribution < 1.29 is 14.2 Å². The van der Waals surface area contributed by atoms with Crippen molar-refractivity contribution in [1.29, 1.82) is 0 Å². The SMILES string of the molecule is CC(C)Oc1ncnc(NCC2COCCO2)c1N. The van der Waals surface area contributed by atoms with Gasteiger partial charge in [-0.25, -0.2) is 4.98 Å². The second kappa shape index (κ2) is 6.53. The number of nitrogens with zero attached hydrogens (tertiary/aromatic N) is 2. The lowest BCUT2D eigenvalue weighted by molar-refractivity contribution is -0.0819. The molecule has 1 aromatic rings. The molecular weight excluding hydrogens is 248 g/mol. The van der Waals surface area contributed by atoms with E-state index in [9.17, 15) is 0 Å². The van der Waals surface area contributed by atoms with Crippen LogP contribution in [0.2, 0.25) is 0 Å². The number of anilines is 2. The van der Waals surface area contributed by atoms with Crippen molar-refractivity contribution in [2.45, 2.75) is 26.1 Å². The number of ether oxygens (including phenoxy) is 3. The highest BCUT2D eigenvalue weighted by atomic mass is 16.6. The van der Waals surface area contributed by atoms with Gasteiger partial charge in [0.25, 0.3) is 0 Å². The van der Waals surface area contributed by atoms with E-state index in [1.165, 1.54) is 6.33 Å². The molecule has 2 rings (SSSR count). The van der Waals surface area contributed by atoms with E-state index in [0.29, 0.717) is 43.8 Å². The lowest BCUT2D eigenvalue weighted by atomic mass is 10.3. The van der Waals surface area contributed by atoms with E-state index in [-0.39, 0.29) is 12.2 Å². The van der Waals surface area contributed by atoms with Gasteiger partial charge in [-0.15, -0.1) is 0 Å². The fourth-order valence-corrected chi connectivity index (χ4v) is 1.70. The van der Waals surface area contributed by atoms with Crippen molar-refractivity contribution in [3.05, 3.63) is 6.33 Å². The molecule has 7 heteroatoms. The first-order valence-corrected chi connectivity index (χ1v) is 6.37. The molecule has 0 aliphatic carbocycles. The predicted octanol–water partition coefficient (Wildman–Crippen LogP) is 0.673. The normalized spacial score (nSPS) is 19.4. The van der Waals surface area contributed by atoms with Gasteiger partial charge < -0.3 is 25.3 Å². The first-order valence-electron chi connectivity index (χ1n) is 6.37. The smallest absolute Gasteiger partial charge is 0.242 e. The van der Waals surface area contributed by atoms with Gasteiger partial charge >= 0.3 is 0 Å². The largest absolute Gasteiger partial charge is 0.473 e. The zero-order valence-corrected chi connectivity index (χ0v) is 11.3. The van der Waals surface area contributed by atoms with Crippen LogP contribution in [0.15, 0.2) is 6.33 Å². The average molecular weight is 268 g/mol. The molecule has 1 atom stereocenters. The standard InChI is InChI=1S/C12H20N4O3/c1-8(2)19-12-10(13)11(15-7-16-12)14-5-9-6-17-3-4-18-9/h7-9H,3-6,13H2,1-2H3,(H,14,15,16). The number of hydrogen-bond donors (Lipinski definition) is 2. The van der Waals surface area contributed by atoms with Gasteiger partial charge in [0.2, 0.25) is 5.88 Å². The van der Waals surface area contributed by atoms with Crippen LogP contribution in [0.4, 0.5) is 11.5 Å². The van der Waals surface area contributed by atoms with Crippen molar-refractivity contribution in [2.75, 3.05) is 37.4 Å². The minimum absolute atomic E-state index is 0.0117. The van der Waals surface area contributed by atoms with E-state index in [1.807, 2.05) is 13.8 Å². The van der Waals surface area contributed by atoms with Gasteiger partial charge in [-0.2, -0.15) is 4.98 Å². The summed E-state index contributed by atoms with van der Waals surface area (Å²) in [5, 5.41) is 3.14. The van der Waals surface area contributed by atoms with Gasteiger partial charge in [-0.05, 0) is 13.8 Å². The van der Waals surface area contributed by atoms with E-state index >= 15 is 0 Å². The Morgan fingerprint density at radius 3 is 3.00 bits per heavy atom. The highest BCUT2D eigenvalue weighted by molar-refractivity contribution is 5.66. The summed E-state index contributed by atoms with van der Waals surface area (Å²) >= 11 is 0. The summed E-state index contributed by atoms with van der Waals surface area (Å²) in [5.41, 5.74) is 6.37. The third-order valence-electron chi connectivity index (χ3n) is 2.58. The van der Waals surface area contributed by atoms with Crippen molar-refractivity contribution >= 4 is 11.5 Å². The summed E-state index contributed by atoms with van der Waals surface area (Å²) in [5.74, 6) is 0.952. The molecule has 0 radical (unpaired) electrons. The van der Waals surface area contributed by atoms with Crippen molar-refractivity contribution in [2.24, 2.45) is 0 Å². The van der Waals surface area contributed by atoms with E-state index in [4.69, 9.17) is 19.9 Å². The predicted molar refractivity (Wildman–Crippen MR) is 71.3 cm³/mol. The van der Waals surface area contributed by atoms with Crippen molar-refractivity contribution in [1.82, 2.24) is 9.97 Å². The fraction of sp³-hybridized carbons (Fsp3) is 0.667. The van der Waals surface area contributed by atoms with Crippen LogP contribution < -0.4 is 15.8 Å². The van der Waals surface area contributed by atoms with Crippen LogP contribution >= 0.6 is 0 Å². The summed E-state index contributed by atoms with van der Waals surface area (Å²) in [7, 11) is 0. The maximum atomic E-state index is 5.96. The summed E-state index contributed by atoms with van der Waals surface area (Å²) in [6, 6.07) is 0. The number of nitrogens with two attached hydrogens (primary N) is 1. The summed E-state index contributed by atoms with van der Waals surface area (Å²) < 4.78 is 16.4. The Labute approximate surface area is 112 Å². The molecule has 0 spiro atoms. The number of nitrogens with one attached hydrogen (secondary N) is 1. The van der Waals surface area contributed by atoms with E-state index < -0.39 is 0 Å². The van der Waals surface area contributed by atoms with Crippen molar-refractivity contribution in [3.63, 3.8) is 0 Å². The zero-order chi connectivity index (χ0) is 13.7. The monoisotopic (exact) mass is 268 g/mol. The number of hydrogen-bond acceptors (Lipinski definition) is 7. The molecule has 0 bridgehead atoms. The van der Waals surface area contributed by atoms with Crippen LogP contribution in [0.1, 0.15) is 13.8 Å². The molecule has 1 aliphatic heterocycles. The maximum Gasteiger partial charge on any atom is 0.242 e. The van der Waals surface area contributed by atoms with Gasteiger partial charge in [-0.1, -0.05) is 0 Å². The molecule has 19 heavy (non-hydrogen) atoms. The second-order valence-electron chi connectivity index (χ2n) is 4.56. The van der Waals surface area contributed by atoms with E-state index in [0.717, 1.165) is 0 Å². The molecule has 1 aliphatic rings. The Kier molecular flexibility index (Phi) is 4.75. The summed E-state index contributed by atoms with van der Waals surface area (Å²) in [4.78, 5) is 8.13. The molecule has 0 amide bonds. The first-order chi connectivity index (χ1) is 9.16. The van der Waals surface area contributed by atoms with Crippen LogP contribution in [0.25, 0.3) is 0 Å². The lowest BCUT2D eigenvalue weighted by Crippen LogP contribution is -2.34. The Morgan fingerprint density at radius 1 is 1.47 bits per heavy atom.